The van der Waals surface area contributed by atoms with Crippen LogP contribution in [0.3, 0.4) is 0 Å². The van der Waals surface area contributed by atoms with Gasteiger partial charge in [-0.05, 0) is 61.9 Å². The van der Waals surface area contributed by atoms with E-state index in [0.717, 1.165) is 5.56 Å². The summed E-state index contributed by atoms with van der Waals surface area (Å²) in [4.78, 5) is 36.5. The van der Waals surface area contributed by atoms with E-state index < -0.39 is 5.60 Å². The number of aryl methyl sites for hydroxylation is 1. The van der Waals surface area contributed by atoms with E-state index in [9.17, 15) is 14.7 Å². The molecule has 1 aliphatic heterocycles. The molecule has 1 aromatic heterocycles. The van der Waals surface area contributed by atoms with Gasteiger partial charge in [0.05, 0.1) is 16.9 Å². The van der Waals surface area contributed by atoms with Gasteiger partial charge in [-0.15, -0.1) is 0 Å². The zero-order valence-electron chi connectivity index (χ0n) is 17.6. The van der Waals surface area contributed by atoms with Gasteiger partial charge in [-0.2, -0.15) is 0 Å². The van der Waals surface area contributed by atoms with Gasteiger partial charge in [-0.1, -0.05) is 11.6 Å². The van der Waals surface area contributed by atoms with E-state index in [1.54, 1.807) is 42.5 Å². The molecule has 3 rings (SSSR count). The van der Waals surface area contributed by atoms with Crippen LogP contribution in [0.1, 0.15) is 35.2 Å². The van der Waals surface area contributed by atoms with Crippen molar-refractivity contribution in [2.75, 3.05) is 26.7 Å². The van der Waals surface area contributed by atoms with Crippen LogP contribution < -0.4 is 0 Å². The summed E-state index contributed by atoms with van der Waals surface area (Å²) in [5, 5.41) is 11.5. The predicted molar refractivity (Wildman–Crippen MR) is 121 cm³/mol. The van der Waals surface area contributed by atoms with Crippen molar-refractivity contribution in [2.24, 2.45) is 4.99 Å². The fourth-order valence-corrected chi connectivity index (χ4v) is 3.99. The van der Waals surface area contributed by atoms with Crippen LogP contribution >= 0.6 is 11.6 Å². The summed E-state index contributed by atoms with van der Waals surface area (Å²) < 4.78 is 0. The predicted octanol–water partition coefficient (Wildman–Crippen LogP) is 3.13. The normalized spacial score (nSPS) is 15.4. The number of hydrogen-bond donors (Lipinski definition) is 1. The minimum Gasteiger partial charge on any atom is -0.388 e. The van der Waals surface area contributed by atoms with E-state index in [2.05, 4.69) is 16.7 Å². The number of halogens is 1. The summed E-state index contributed by atoms with van der Waals surface area (Å²) in [7, 11) is 1.65. The number of piperidine rings is 1. The van der Waals surface area contributed by atoms with Crippen LogP contribution in [0.2, 0.25) is 5.02 Å². The third kappa shape index (κ3) is 5.89. The number of aromatic nitrogens is 1. The molecule has 1 aromatic carbocycles. The highest BCUT2D eigenvalue weighted by Crippen LogP contribution is 2.27. The first kappa shape index (κ1) is 22.9. The lowest BCUT2D eigenvalue weighted by Crippen LogP contribution is -2.52. The Morgan fingerprint density at radius 3 is 2.58 bits per heavy atom. The molecule has 1 saturated heterocycles. The van der Waals surface area contributed by atoms with E-state index in [4.69, 9.17) is 11.6 Å². The molecule has 8 heteroatoms. The van der Waals surface area contributed by atoms with Crippen LogP contribution in [0.4, 0.5) is 5.69 Å². The number of pyridine rings is 1. The van der Waals surface area contributed by atoms with Crippen molar-refractivity contribution in [3.05, 3.63) is 58.9 Å². The molecule has 0 saturated carbocycles. The number of benzene rings is 1. The number of aliphatic hydroxyl groups is 1. The van der Waals surface area contributed by atoms with Crippen LogP contribution in [-0.4, -0.2) is 70.7 Å². The standard InChI is InChI=1S/C23H27ClN4O3/c1-25-20-15-18(24)4-5-19(20)22(30)27(2)16-23(31)9-13-28(14-10-23)21(29)6-3-17-7-11-26-12-8-17/h4-5,7-8,11-12,15,31H,1,3,6,9-10,13-14,16H2,2H3. The number of nitrogens with zero attached hydrogens (tertiary/aromatic N) is 4. The maximum Gasteiger partial charge on any atom is 0.255 e. The van der Waals surface area contributed by atoms with Gasteiger partial charge in [0.15, 0.2) is 0 Å². The van der Waals surface area contributed by atoms with Gasteiger partial charge in [-0.3, -0.25) is 19.6 Å². The summed E-state index contributed by atoms with van der Waals surface area (Å²) in [6.07, 6.45) is 5.36. The first-order valence-electron chi connectivity index (χ1n) is 10.2. The fourth-order valence-electron chi connectivity index (χ4n) is 3.82. The minimum atomic E-state index is -1.04. The van der Waals surface area contributed by atoms with Gasteiger partial charge < -0.3 is 14.9 Å². The maximum atomic E-state index is 12.9. The molecule has 2 amide bonds. The van der Waals surface area contributed by atoms with E-state index in [1.165, 1.54) is 4.90 Å². The number of rotatable bonds is 7. The maximum absolute atomic E-state index is 12.9. The Bertz CT molecular complexity index is 943. The number of carbonyl (C=O) groups is 2. The van der Waals surface area contributed by atoms with E-state index in [0.29, 0.717) is 55.0 Å². The largest absolute Gasteiger partial charge is 0.388 e. The summed E-state index contributed by atoms with van der Waals surface area (Å²) in [6.45, 7) is 4.60. The second-order valence-electron chi connectivity index (χ2n) is 7.94. The average Bonchev–Trinajstić information content (AvgIpc) is 2.77. The summed E-state index contributed by atoms with van der Waals surface area (Å²) in [6, 6.07) is 8.63. The molecule has 31 heavy (non-hydrogen) atoms. The molecule has 0 unspecified atom stereocenters. The Morgan fingerprint density at radius 2 is 1.94 bits per heavy atom. The average molecular weight is 443 g/mol. The monoisotopic (exact) mass is 442 g/mol. The van der Waals surface area contributed by atoms with Gasteiger partial charge in [-0.25, -0.2) is 0 Å². The molecule has 0 bridgehead atoms. The lowest BCUT2D eigenvalue weighted by Gasteiger charge is -2.40. The molecular weight excluding hydrogens is 416 g/mol. The SMILES string of the molecule is C=Nc1cc(Cl)ccc1C(=O)N(C)CC1(O)CCN(C(=O)CCc2ccncc2)CC1. The molecule has 1 fully saturated rings. The van der Waals surface area contributed by atoms with Crippen molar-refractivity contribution in [1.82, 2.24) is 14.8 Å². The third-order valence-electron chi connectivity index (χ3n) is 5.66. The van der Waals surface area contributed by atoms with Crippen molar-refractivity contribution in [2.45, 2.75) is 31.3 Å². The van der Waals surface area contributed by atoms with Crippen molar-refractivity contribution in [3.63, 3.8) is 0 Å². The van der Waals surface area contributed by atoms with Crippen molar-refractivity contribution in [3.8, 4) is 0 Å². The number of hydrogen-bond acceptors (Lipinski definition) is 5. The summed E-state index contributed by atoms with van der Waals surface area (Å²) >= 11 is 5.97. The lowest BCUT2D eigenvalue weighted by atomic mass is 9.90. The van der Waals surface area contributed by atoms with Crippen LogP contribution in [0.25, 0.3) is 0 Å². The quantitative estimate of drug-likeness (QED) is 0.667. The molecule has 1 aliphatic rings. The first-order chi connectivity index (χ1) is 14.8. The molecule has 0 spiro atoms. The van der Waals surface area contributed by atoms with Gasteiger partial charge >= 0.3 is 0 Å². The molecule has 2 heterocycles. The Morgan fingerprint density at radius 1 is 1.26 bits per heavy atom. The van der Waals surface area contributed by atoms with Gasteiger partial charge in [0.1, 0.15) is 0 Å². The zero-order valence-corrected chi connectivity index (χ0v) is 18.4. The van der Waals surface area contributed by atoms with Crippen molar-refractivity contribution < 1.29 is 14.7 Å². The van der Waals surface area contributed by atoms with E-state index in [-0.39, 0.29) is 18.4 Å². The van der Waals surface area contributed by atoms with Crippen LogP contribution in [0, 0.1) is 0 Å². The number of amides is 2. The van der Waals surface area contributed by atoms with E-state index >= 15 is 0 Å². The third-order valence-corrected chi connectivity index (χ3v) is 5.90. The molecule has 0 radical (unpaired) electrons. The topological polar surface area (TPSA) is 86.1 Å². The highest BCUT2D eigenvalue weighted by atomic mass is 35.5. The molecular formula is C23H27ClN4O3. The molecule has 7 nitrogen and oxygen atoms in total. The minimum absolute atomic E-state index is 0.0751. The lowest BCUT2D eigenvalue weighted by molar-refractivity contribution is -0.135. The molecule has 1 N–H and O–H groups in total. The first-order valence-corrected chi connectivity index (χ1v) is 10.6. The highest BCUT2D eigenvalue weighted by molar-refractivity contribution is 6.31. The number of likely N-dealkylation sites (N-methyl/N-ethyl adjacent to an activating group) is 1. The van der Waals surface area contributed by atoms with Gasteiger partial charge in [0.25, 0.3) is 5.91 Å². The second-order valence-corrected chi connectivity index (χ2v) is 8.38. The Hall–Kier alpha value is -2.77. The van der Waals surface area contributed by atoms with Gasteiger partial charge in [0.2, 0.25) is 5.91 Å². The van der Waals surface area contributed by atoms with Crippen molar-refractivity contribution in [1.29, 1.82) is 0 Å². The van der Waals surface area contributed by atoms with Crippen molar-refractivity contribution >= 4 is 35.8 Å². The van der Waals surface area contributed by atoms with Crippen LogP contribution in [0.5, 0.6) is 0 Å². The fraction of sp³-hybridized carbons (Fsp3) is 0.391. The Labute approximate surface area is 187 Å². The van der Waals surface area contributed by atoms with Crippen LogP contribution in [-0.2, 0) is 11.2 Å². The molecule has 164 valence electrons. The van der Waals surface area contributed by atoms with Crippen LogP contribution in [0.15, 0.2) is 47.7 Å². The number of carbonyl (C=O) groups excluding carboxylic acids is 2. The van der Waals surface area contributed by atoms with E-state index in [1.807, 2.05) is 12.1 Å². The Balaban J connectivity index is 1.53. The smallest absolute Gasteiger partial charge is 0.255 e. The zero-order chi connectivity index (χ0) is 22.4. The molecule has 0 atom stereocenters. The molecule has 0 aliphatic carbocycles. The highest BCUT2D eigenvalue weighted by Gasteiger charge is 2.36. The number of aliphatic imine (C=N–C) groups is 1. The second kappa shape index (κ2) is 10.0. The van der Waals surface area contributed by atoms with Gasteiger partial charge in [0, 0.05) is 50.5 Å². The molecule has 2 aromatic rings. The Kier molecular flexibility index (Phi) is 7.41. The summed E-state index contributed by atoms with van der Waals surface area (Å²) in [5.74, 6) is -0.186. The number of likely N-dealkylation sites (tertiary alicyclic amines) is 1. The summed E-state index contributed by atoms with van der Waals surface area (Å²) in [5.41, 5.74) is 0.827.